The number of rotatable bonds is 2. The van der Waals surface area contributed by atoms with Crippen molar-refractivity contribution in [2.45, 2.75) is 31.2 Å². The molecular formula is C13H16BrFN2O3S. The first kappa shape index (κ1) is 16.4. The lowest BCUT2D eigenvalue weighted by Crippen LogP contribution is -2.35. The molecular weight excluding hydrogens is 363 g/mol. The summed E-state index contributed by atoms with van der Waals surface area (Å²) in [5.74, 6) is -1.29. The molecule has 1 aliphatic rings. The average molecular weight is 379 g/mol. The van der Waals surface area contributed by atoms with Gasteiger partial charge in [-0.3, -0.25) is 4.79 Å². The number of hydrogen-bond acceptors (Lipinski definition) is 3. The maximum atomic E-state index is 14.3. The number of sulfonamides is 1. The van der Waals surface area contributed by atoms with Crippen LogP contribution >= 0.6 is 15.9 Å². The molecule has 1 aliphatic heterocycles. The molecule has 1 aromatic rings. The molecule has 1 saturated heterocycles. The predicted molar refractivity (Wildman–Crippen MR) is 79.8 cm³/mol. The van der Waals surface area contributed by atoms with Crippen LogP contribution in [0.2, 0.25) is 0 Å². The third-order valence-corrected chi connectivity index (χ3v) is 4.95. The van der Waals surface area contributed by atoms with Crippen LogP contribution in [0.5, 0.6) is 0 Å². The smallest absolute Gasteiger partial charge is 0.257 e. The van der Waals surface area contributed by atoms with E-state index in [0.29, 0.717) is 12.5 Å². The van der Waals surface area contributed by atoms with Gasteiger partial charge in [-0.25, -0.2) is 17.9 Å². The third-order valence-electron chi connectivity index (χ3n) is 3.59. The molecule has 2 unspecified atom stereocenters. The second-order valence-corrected chi connectivity index (χ2v) is 7.90. The average Bonchev–Trinajstić information content (AvgIpc) is 2.68. The van der Waals surface area contributed by atoms with Gasteiger partial charge >= 0.3 is 0 Å². The van der Waals surface area contributed by atoms with Crippen LogP contribution in [-0.2, 0) is 10.0 Å². The Labute approximate surface area is 131 Å². The molecule has 5 nitrogen and oxygen atoms in total. The van der Waals surface area contributed by atoms with E-state index in [9.17, 15) is 17.6 Å². The lowest BCUT2D eigenvalue weighted by molar-refractivity contribution is 0.0738. The molecule has 8 heteroatoms. The molecule has 2 rings (SSSR count). The summed E-state index contributed by atoms with van der Waals surface area (Å²) in [6.45, 7) is 4.42. The Balaban J connectivity index is 2.50. The zero-order valence-corrected chi connectivity index (χ0v) is 14.0. The number of halogens is 2. The van der Waals surface area contributed by atoms with Crippen LogP contribution in [0, 0.1) is 11.7 Å². The van der Waals surface area contributed by atoms with Crippen molar-refractivity contribution in [2.75, 3.05) is 6.54 Å². The molecule has 1 amide bonds. The summed E-state index contributed by atoms with van der Waals surface area (Å²) in [5, 5.41) is 4.98. The van der Waals surface area contributed by atoms with Crippen LogP contribution in [0.25, 0.3) is 0 Å². The van der Waals surface area contributed by atoms with Gasteiger partial charge in [0, 0.05) is 17.1 Å². The van der Waals surface area contributed by atoms with Crippen LogP contribution in [-0.4, -0.2) is 31.8 Å². The van der Waals surface area contributed by atoms with E-state index in [1.807, 2.05) is 13.8 Å². The summed E-state index contributed by atoms with van der Waals surface area (Å²) in [6.07, 6.45) is 0.837. The maximum absolute atomic E-state index is 14.3. The topological polar surface area (TPSA) is 80.5 Å². The van der Waals surface area contributed by atoms with Crippen molar-refractivity contribution in [3.8, 4) is 0 Å². The number of carbonyl (C=O) groups is 1. The van der Waals surface area contributed by atoms with E-state index >= 15 is 0 Å². The van der Waals surface area contributed by atoms with Crippen LogP contribution in [0.1, 0.15) is 30.6 Å². The molecule has 1 fully saturated rings. The minimum Gasteiger partial charge on any atom is -0.336 e. The van der Waals surface area contributed by atoms with Crippen molar-refractivity contribution in [1.82, 2.24) is 4.90 Å². The summed E-state index contributed by atoms with van der Waals surface area (Å²) in [6, 6.07) is 2.32. The van der Waals surface area contributed by atoms with Crippen molar-refractivity contribution in [1.29, 1.82) is 0 Å². The fourth-order valence-corrected chi connectivity index (χ4v) is 3.92. The second kappa shape index (κ2) is 5.66. The first-order valence-electron chi connectivity index (χ1n) is 6.44. The van der Waals surface area contributed by atoms with E-state index in [4.69, 9.17) is 5.14 Å². The first-order valence-corrected chi connectivity index (χ1v) is 8.78. The molecule has 2 atom stereocenters. The van der Waals surface area contributed by atoms with E-state index in [0.717, 1.165) is 12.5 Å². The molecule has 0 spiro atoms. The van der Waals surface area contributed by atoms with Gasteiger partial charge < -0.3 is 4.90 Å². The number of nitrogens with zero attached hydrogens (tertiary/aromatic N) is 1. The summed E-state index contributed by atoms with van der Waals surface area (Å²) >= 11 is 3.09. The second-order valence-electron chi connectivity index (χ2n) is 5.46. The first-order chi connectivity index (χ1) is 9.61. The van der Waals surface area contributed by atoms with Crippen molar-refractivity contribution in [3.63, 3.8) is 0 Å². The highest BCUT2D eigenvalue weighted by Crippen LogP contribution is 2.28. The van der Waals surface area contributed by atoms with Crippen LogP contribution < -0.4 is 5.14 Å². The summed E-state index contributed by atoms with van der Waals surface area (Å²) in [4.78, 5) is 13.4. The highest BCUT2D eigenvalue weighted by Gasteiger charge is 2.33. The largest absolute Gasteiger partial charge is 0.336 e. The number of nitrogens with two attached hydrogens (primary N) is 1. The number of carbonyl (C=O) groups excluding carboxylic acids is 1. The zero-order valence-electron chi connectivity index (χ0n) is 11.6. The van der Waals surface area contributed by atoms with Crippen molar-refractivity contribution in [3.05, 3.63) is 28.0 Å². The maximum Gasteiger partial charge on any atom is 0.257 e. The highest BCUT2D eigenvalue weighted by molar-refractivity contribution is 9.10. The lowest BCUT2D eigenvalue weighted by atomic mass is 10.1. The number of likely N-dealkylation sites (tertiary alicyclic amines) is 1. The molecule has 1 heterocycles. The number of benzene rings is 1. The Kier molecular flexibility index (Phi) is 4.41. The molecule has 0 aliphatic carbocycles. The predicted octanol–water partition coefficient (Wildman–Crippen LogP) is 2.11. The zero-order chi connectivity index (χ0) is 15.9. The highest BCUT2D eigenvalue weighted by atomic mass is 79.9. The van der Waals surface area contributed by atoms with Crippen LogP contribution in [0.3, 0.4) is 0 Å². The van der Waals surface area contributed by atoms with Crippen LogP contribution in [0.15, 0.2) is 21.5 Å². The molecule has 21 heavy (non-hydrogen) atoms. The van der Waals surface area contributed by atoms with Gasteiger partial charge in [0.05, 0.1) is 5.56 Å². The Hall–Kier alpha value is -0.990. The Morgan fingerprint density at radius 1 is 1.43 bits per heavy atom. The normalized spacial score (nSPS) is 22.6. The van der Waals surface area contributed by atoms with Gasteiger partial charge in [-0.05, 0) is 31.4 Å². The van der Waals surface area contributed by atoms with Crippen molar-refractivity contribution in [2.24, 2.45) is 11.1 Å². The SMILES string of the molecule is CC1CC(C)N(C(=O)c2cc(Br)cc(S(N)(=O)=O)c2F)C1. The van der Waals surface area contributed by atoms with E-state index in [1.54, 1.807) is 4.90 Å². The summed E-state index contributed by atoms with van der Waals surface area (Å²) < 4.78 is 37.5. The van der Waals surface area contributed by atoms with Gasteiger partial charge in [0.25, 0.3) is 5.91 Å². The van der Waals surface area contributed by atoms with E-state index in [-0.39, 0.29) is 16.1 Å². The molecule has 0 bridgehead atoms. The molecule has 0 radical (unpaired) electrons. The van der Waals surface area contributed by atoms with E-state index in [1.165, 1.54) is 6.07 Å². The minimum absolute atomic E-state index is 0.0104. The molecule has 1 aromatic carbocycles. The standard InChI is InChI=1S/C13H16BrFN2O3S/c1-7-3-8(2)17(6-7)13(18)10-4-9(14)5-11(12(10)15)21(16,19)20/h4-5,7-8H,3,6H2,1-2H3,(H2,16,19,20). The van der Waals surface area contributed by atoms with Gasteiger partial charge in [-0.1, -0.05) is 22.9 Å². The van der Waals surface area contributed by atoms with Crippen molar-refractivity contribution < 1.29 is 17.6 Å². The fraction of sp³-hybridized carbons (Fsp3) is 0.462. The van der Waals surface area contributed by atoms with E-state index in [2.05, 4.69) is 15.9 Å². The molecule has 116 valence electrons. The minimum atomic E-state index is -4.24. The number of hydrogen-bond donors (Lipinski definition) is 1. The lowest BCUT2D eigenvalue weighted by Gasteiger charge is -2.22. The van der Waals surface area contributed by atoms with Gasteiger partial charge in [-0.15, -0.1) is 0 Å². The Bertz CT molecular complexity index is 693. The van der Waals surface area contributed by atoms with Crippen LogP contribution in [0.4, 0.5) is 4.39 Å². The van der Waals surface area contributed by atoms with E-state index < -0.39 is 26.6 Å². The Morgan fingerprint density at radius 2 is 2.05 bits per heavy atom. The monoisotopic (exact) mass is 378 g/mol. The van der Waals surface area contributed by atoms with Gasteiger partial charge in [0.1, 0.15) is 4.90 Å². The molecule has 2 N–H and O–H groups in total. The third kappa shape index (κ3) is 3.27. The fourth-order valence-electron chi connectivity index (χ4n) is 2.66. The molecule has 0 saturated carbocycles. The number of amides is 1. The summed E-state index contributed by atoms with van der Waals surface area (Å²) in [7, 11) is -4.24. The van der Waals surface area contributed by atoms with Gasteiger partial charge in [0.2, 0.25) is 10.0 Å². The quantitative estimate of drug-likeness (QED) is 0.855. The van der Waals surface area contributed by atoms with Crippen molar-refractivity contribution >= 4 is 31.9 Å². The number of primary sulfonamides is 1. The molecule has 0 aromatic heterocycles. The van der Waals surface area contributed by atoms with Gasteiger partial charge in [-0.2, -0.15) is 0 Å². The summed E-state index contributed by atoms with van der Waals surface area (Å²) in [5.41, 5.74) is -0.283. The Morgan fingerprint density at radius 3 is 2.52 bits per heavy atom. The van der Waals surface area contributed by atoms with Gasteiger partial charge in [0.15, 0.2) is 5.82 Å².